The minimum absolute atomic E-state index is 0.117. The van der Waals surface area contributed by atoms with Crippen LogP contribution >= 0.6 is 39.0 Å². The molecule has 2 rings (SSSR count). The molecule has 0 aliphatic heterocycles. The van der Waals surface area contributed by atoms with Crippen molar-refractivity contribution in [2.75, 3.05) is 6.54 Å². The van der Waals surface area contributed by atoms with Crippen molar-refractivity contribution in [1.82, 2.24) is 10.3 Å². The number of nitro benzene ring substituents is 1. The molecule has 1 heterocycles. The van der Waals surface area contributed by atoms with Gasteiger partial charge in [-0.3, -0.25) is 14.9 Å². The zero-order valence-electron chi connectivity index (χ0n) is 12.0. The molecule has 1 amide bonds. The van der Waals surface area contributed by atoms with E-state index in [0.717, 1.165) is 10.0 Å². The predicted octanol–water partition coefficient (Wildman–Crippen LogP) is 4.15. The number of aromatic nitrogens is 1. The molecule has 0 bridgehead atoms. The van der Waals surface area contributed by atoms with Gasteiger partial charge < -0.3 is 5.32 Å². The molecule has 0 unspecified atom stereocenters. The summed E-state index contributed by atoms with van der Waals surface area (Å²) in [6.45, 7) is 5.73. The molecule has 9 heteroatoms. The van der Waals surface area contributed by atoms with Crippen molar-refractivity contribution in [3.63, 3.8) is 0 Å². The molecule has 0 aliphatic carbocycles. The molecular weight excluding hydrogens is 402 g/mol. The van der Waals surface area contributed by atoms with Gasteiger partial charge in [0.05, 0.1) is 9.82 Å². The average molecular weight is 414 g/mol. The highest BCUT2D eigenvalue weighted by Gasteiger charge is 2.19. The largest absolute Gasteiger partial charge is 0.347 e. The van der Waals surface area contributed by atoms with E-state index in [9.17, 15) is 14.9 Å². The Labute approximate surface area is 149 Å². The summed E-state index contributed by atoms with van der Waals surface area (Å²) in [5.74, 6) is -0.393. The van der Waals surface area contributed by atoms with Gasteiger partial charge in [0.2, 0.25) is 0 Å². The van der Waals surface area contributed by atoms with Gasteiger partial charge in [-0.15, -0.1) is 11.3 Å². The van der Waals surface area contributed by atoms with Crippen LogP contribution in [0.15, 0.2) is 43.9 Å². The monoisotopic (exact) mass is 413 g/mol. The molecule has 0 fully saturated rings. The van der Waals surface area contributed by atoms with Gasteiger partial charge in [0.25, 0.3) is 11.6 Å². The maximum Gasteiger partial charge on any atom is 0.284 e. The van der Waals surface area contributed by atoms with E-state index in [2.05, 4.69) is 32.8 Å². The number of hydrogen-bond donors (Lipinski definition) is 1. The molecule has 0 saturated carbocycles. The molecular formula is C14H12BrN3O3S2. The number of nitrogens with zero attached hydrogens (tertiary/aromatic N) is 2. The van der Waals surface area contributed by atoms with Crippen LogP contribution < -0.4 is 5.32 Å². The fourth-order valence-electron chi connectivity index (χ4n) is 1.64. The van der Waals surface area contributed by atoms with E-state index >= 15 is 0 Å². The first-order valence-corrected chi connectivity index (χ1v) is 8.85. The molecule has 6 nitrogen and oxygen atoms in total. The number of nitrogens with one attached hydrogen (secondary N) is 1. The van der Waals surface area contributed by atoms with E-state index in [1.807, 2.05) is 12.3 Å². The minimum atomic E-state index is -0.497. The van der Waals surface area contributed by atoms with Crippen molar-refractivity contribution in [2.24, 2.45) is 0 Å². The highest BCUT2D eigenvalue weighted by Crippen LogP contribution is 2.36. The van der Waals surface area contributed by atoms with Crippen molar-refractivity contribution in [3.8, 4) is 0 Å². The summed E-state index contributed by atoms with van der Waals surface area (Å²) in [5, 5.41) is 15.8. The quantitative estimate of drug-likeness (QED) is 0.567. The zero-order chi connectivity index (χ0) is 17.0. The predicted molar refractivity (Wildman–Crippen MR) is 94.5 cm³/mol. The fourth-order valence-corrected chi connectivity index (χ4v) is 3.66. The van der Waals surface area contributed by atoms with Crippen LogP contribution in [0, 0.1) is 17.0 Å². The summed E-state index contributed by atoms with van der Waals surface area (Å²) in [6, 6.07) is 4.40. The SMILES string of the molecule is C=C(Br)CNC(=O)c1ccc(Sc2nc(C)cs2)c([N+](=O)[O-])c1. The third kappa shape index (κ3) is 4.88. The summed E-state index contributed by atoms with van der Waals surface area (Å²) < 4.78 is 1.34. The third-order valence-corrected chi connectivity index (χ3v) is 5.06. The first-order chi connectivity index (χ1) is 10.9. The van der Waals surface area contributed by atoms with Crippen molar-refractivity contribution >= 4 is 50.6 Å². The van der Waals surface area contributed by atoms with Crippen LogP contribution in [0.3, 0.4) is 0 Å². The smallest absolute Gasteiger partial charge is 0.284 e. The van der Waals surface area contributed by atoms with Crippen LogP contribution in [0.4, 0.5) is 5.69 Å². The number of halogens is 1. The third-order valence-electron chi connectivity index (χ3n) is 2.65. The van der Waals surface area contributed by atoms with Gasteiger partial charge in [0, 0.05) is 33.7 Å². The van der Waals surface area contributed by atoms with Crippen LogP contribution in [-0.2, 0) is 0 Å². The topological polar surface area (TPSA) is 85.1 Å². The summed E-state index contributed by atoms with van der Waals surface area (Å²) in [5.41, 5.74) is 0.976. The molecule has 1 N–H and O–H groups in total. The van der Waals surface area contributed by atoms with Crippen LogP contribution in [0.5, 0.6) is 0 Å². The number of hydrogen-bond acceptors (Lipinski definition) is 6. The molecule has 2 aromatic rings. The summed E-state index contributed by atoms with van der Waals surface area (Å²) in [7, 11) is 0. The van der Waals surface area contributed by atoms with Crippen molar-refractivity contribution in [3.05, 3.63) is 56.0 Å². The number of nitro groups is 1. The molecule has 0 radical (unpaired) electrons. The summed E-state index contributed by atoms with van der Waals surface area (Å²) in [4.78, 5) is 27.5. The second-order valence-corrected chi connectivity index (χ2v) is 7.77. The molecule has 1 aromatic carbocycles. The maximum atomic E-state index is 12.0. The van der Waals surface area contributed by atoms with Gasteiger partial charge >= 0.3 is 0 Å². The average Bonchev–Trinajstić information content (AvgIpc) is 2.90. The molecule has 23 heavy (non-hydrogen) atoms. The van der Waals surface area contributed by atoms with E-state index in [4.69, 9.17) is 0 Å². The lowest BCUT2D eigenvalue weighted by Crippen LogP contribution is -2.24. The van der Waals surface area contributed by atoms with Gasteiger partial charge in [-0.05, 0) is 19.1 Å². The number of carbonyl (C=O) groups excluding carboxylic acids is 1. The number of carbonyl (C=O) groups is 1. The van der Waals surface area contributed by atoms with Gasteiger partial charge in [-0.25, -0.2) is 4.98 Å². The number of thiazole rings is 1. The van der Waals surface area contributed by atoms with Crippen molar-refractivity contribution in [1.29, 1.82) is 0 Å². The minimum Gasteiger partial charge on any atom is -0.347 e. The zero-order valence-corrected chi connectivity index (χ0v) is 15.3. The number of amides is 1. The van der Waals surface area contributed by atoms with E-state index in [-0.39, 0.29) is 17.8 Å². The normalized spacial score (nSPS) is 10.3. The van der Waals surface area contributed by atoms with Gasteiger partial charge in [0.1, 0.15) is 0 Å². The second-order valence-electron chi connectivity index (χ2n) is 4.50. The Morgan fingerprint density at radius 1 is 1.57 bits per heavy atom. The lowest BCUT2D eigenvalue weighted by Gasteiger charge is -2.06. The lowest BCUT2D eigenvalue weighted by molar-refractivity contribution is -0.387. The molecule has 1 aromatic heterocycles. The van der Waals surface area contributed by atoms with Crippen molar-refractivity contribution < 1.29 is 9.72 Å². The Balaban J connectivity index is 2.25. The van der Waals surface area contributed by atoms with Gasteiger partial charge in [0.15, 0.2) is 4.34 Å². The van der Waals surface area contributed by atoms with E-state index < -0.39 is 10.8 Å². The number of benzene rings is 1. The van der Waals surface area contributed by atoms with Crippen LogP contribution in [0.2, 0.25) is 0 Å². The molecule has 120 valence electrons. The Kier molecular flexibility index (Phi) is 5.91. The van der Waals surface area contributed by atoms with E-state index in [0.29, 0.717) is 9.38 Å². The maximum absolute atomic E-state index is 12.0. The fraction of sp³-hybridized carbons (Fsp3) is 0.143. The molecule has 0 spiro atoms. The van der Waals surface area contributed by atoms with Gasteiger partial charge in [-0.1, -0.05) is 34.3 Å². The molecule has 0 saturated heterocycles. The number of rotatable bonds is 6. The lowest BCUT2D eigenvalue weighted by atomic mass is 10.2. The Bertz CT molecular complexity index is 776. The van der Waals surface area contributed by atoms with E-state index in [1.54, 1.807) is 12.1 Å². The van der Waals surface area contributed by atoms with Crippen molar-refractivity contribution in [2.45, 2.75) is 16.2 Å². The number of aryl methyl sites for hydroxylation is 1. The Morgan fingerprint density at radius 2 is 2.30 bits per heavy atom. The van der Waals surface area contributed by atoms with Gasteiger partial charge in [-0.2, -0.15) is 0 Å². The van der Waals surface area contributed by atoms with Crippen LogP contribution in [0.1, 0.15) is 16.1 Å². The standard InChI is InChI=1S/C14H12BrN3O3S2/c1-8(15)6-16-13(19)10-3-4-12(11(5-10)18(20)21)23-14-17-9(2)7-22-14/h3-5,7H,1,6H2,2H3,(H,16,19). The summed E-state index contributed by atoms with van der Waals surface area (Å²) >= 11 is 5.77. The Hall–Kier alpha value is -1.71. The van der Waals surface area contributed by atoms with Crippen LogP contribution in [0.25, 0.3) is 0 Å². The first kappa shape index (κ1) is 17.6. The first-order valence-electron chi connectivity index (χ1n) is 6.36. The van der Waals surface area contributed by atoms with Crippen LogP contribution in [-0.4, -0.2) is 22.4 Å². The highest BCUT2D eigenvalue weighted by atomic mass is 79.9. The van der Waals surface area contributed by atoms with E-state index in [1.165, 1.54) is 29.2 Å². The highest BCUT2D eigenvalue weighted by molar-refractivity contribution is 9.11. The summed E-state index contributed by atoms with van der Waals surface area (Å²) in [6.07, 6.45) is 0. The Morgan fingerprint density at radius 3 is 2.87 bits per heavy atom. The molecule has 0 aliphatic rings. The molecule has 0 atom stereocenters. The second kappa shape index (κ2) is 7.71.